The molecule has 2 amide bonds. The summed E-state index contributed by atoms with van der Waals surface area (Å²) in [7, 11) is 0. The molecule has 2 unspecified atom stereocenters. The summed E-state index contributed by atoms with van der Waals surface area (Å²) in [6, 6.07) is 16.4. The number of nitrogens with one attached hydrogen (secondary N) is 2. The second-order valence-electron chi connectivity index (χ2n) is 7.92. The third-order valence-corrected chi connectivity index (χ3v) is 5.61. The minimum atomic E-state index is -0.814. The quantitative estimate of drug-likeness (QED) is 0.386. The first kappa shape index (κ1) is 23.2. The predicted octanol–water partition coefficient (Wildman–Crippen LogP) is 5.03. The first-order valence-corrected chi connectivity index (χ1v) is 10.6. The van der Waals surface area contributed by atoms with Gasteiger partial charge in [-0.15, -0.1) is 0 Å². The van der Waals surface area contributed by atoms with Gasteiger partial charge in [-0.05, 0) is 35.2 Å². The Kier molecular flexibility index (Phi) is 7.10. The first-order valence-electron chi connectivity index (χ1n) is 10.2. The number of amides is 2. The lowest BCUT2D eigenvalue weighted by molar-refractivity contribution is -0.384. The van der Waals surface area contributed by atoms with Crippen molar-refractivity contribution in [3.05, 3.63) is 86.9 Å². The van der Waals surface area contributed by atoms with Gasteiger partial charge < -0.3 is 10.6 Å². The highest BCUT2D eigenvalue weighted by atomic mass is 35.5. The summed E-state index contributed by atoms with van der Waals surface area (Å²) in [4.78, 5) is 36.1. The molecule has 3 aromatic carbocycles. The van der Waals surface area contributed by atoms with Crippen molar-refractivity contribution >= 4 is 39.9 Å². The van der Waals surface area contributed by atoms with Crippen molar-refractivity contribution in [2.45, 2.75) is 32.9 Å². The van der Waals surface area contributed by atoms with Crippen LogP contribution in [0.25, 0.3) is 10.8 Å². The van der Waals surface area contributed by atoms with Crippen molar-refractivity contribution < 1.29 is 14.5 Å². The average Bonchev–Trinajstić information content (AvgIpc) is 2.76. The van der Waals surface area contributed by atoms with Gasteiger partial charge in [0.1, 0.15) is 6.04 Å². The van der Waals surface area contributed by atoms with Crippen LogP contribution in [-0.2, 0) is 4.79 Å². The van der Waals surface area contributed by atoms with Gasteiger partial charge in [0.15, 0.2) is 0 Å². The van der Waals surface area contributed by atoms with Crippen molar-refractivity contribution in [3.63, 3.8) is 0 Å². The molecule has 0 aromatic heterocycles. The van der Waals surface area contributed by atoms with Gasteiger partial charge in [-0.2, -0.15) is 0 Å². The molecule has 0 aliphatic rings. The molecule has 32 heavy (non-hydrogen) atoms. The molecule has 0 aliphatic carbocycles. The van der Waals surface area contributed by atoms with E-state index in [2.05, 4.69) is 10.6 Å². The molecular formula is C24H24ClN3O4. The number of hydrogen-bond donors (Lipinski definition) is 2. The lowest BCUT2D eigenvalue weighted by Crippen LogP contribution is -2.50. The van der Waals surface area contributed by atoms with Crippen LogP contribution in [0.5, 0.6) is 0 Å². The van der Waals surface area contributed by atoms with E-state index in [4.69, 9.17) is 11.6 Å². The number of nitrogens with zero attached hydrogens (tertiary/aromatic N) is 1. The first-order chi connectivity index (χ1) is 15.2. The Hall–Kier alpha value is -3.45. The molecule has 7 nitrogen and oxygen atoms in total. The SMILES string of the molecule is CC(NC(=O)C(NC(=O)c1ccc([N+](=O)[O-])cc1Cl)C(C)C)c1cccc2ccccc12. The maximum absolute atomic E-state index is 13.1. The van der Waals surface area contributed by atoms with Gasteiger partial charge in [-0.25, -0.2) is 0 Å². The van der Waals surface area contributed by atoms with Crippen LogP contribution in [0.3, 0.4) is 0 Å². The number of non-ortho nitro benzene ring substituents is 1. The van der Waals surface area contributed by atoms with E-state index in [1.807, 2.05) is 63.2 Å². The zero-order chi connectivity index (χ0) is 23.4. The molecule has 0 aliphatic heterocycles. The Balaban J connectivity index is 1.77. The molecule has 0 spiro atoms. The van der Waals surface area contributed by atoms with E-state index < -0.39 is 16.9 Å². The van der Waals surface area contributed by atoms with Crippen LogP contribution in [0, 0.1) is 16.0 Å². The van der Waals surface area contributed by atoms with Crippen LogP contribution in [0.4, 0.5) is 5.69 Å². The van der Waals surface area contributed by atoms with Crippen LogP contribution >= 0.6 is 11.6 Å². The number of benzene rings is 3. The molecule has 0 fully saturated rings. The number of fused-ring (bicyclic) bond motifs is 1. The fourth-order valence-electron chi connectivity index (χ4n) is 3.56. The van der Waals surface area contributed by atoms with Crippen molar-refractivity contribution in [1.29, 1.82) is 0 Å². The molecule has 3 aromatic rings. The molecule has 0 heterocycles. The largest absolute Gasteiger partial charge is 0.348 e. The van der Waals surface area contributed by atoms with Crippen LogP contribution < -0.4 is 10.6 Å². The third kappa shape index (κ3) is 5.06. The number of hydrogen-bond acceptors (Lipinski definition) is 4. The van der Waals surface area contributed by atoms with Crippen molar-refractivity contribution in [3.8, 4) is 0 Å². The van der Waals surface area contributed by atoms with Crippen molar-refractivity contribution in [2.75, 3.05) is 0 Å². The molecule has 0 bridgehead atoms. The van der Waals surface area contributed by atoms with E-state index in [1.165, 1.54) is 12.1 Å². The molecule has 2 N–H and O–H groups in total. The van der Waals surface area contributed by atoms with Gasteiger partial charge in [0.05, 0.1) is 21.6 Å². The van der Waals surface area contributed by atoms with Crippen LogP contribution in [0.1, 0.15) is 42.7 Å². The Labute approximate surface area is 190 Å². The number of nitro benzene ring substituents is 1. The van der Waals surface area contributed by atoms with E-state index >= 15 is 0 Å². The zero-order valence-electron chi connectivity index (χ0n) is 18.0. The van der Waals surface area contributed by atoms with Crippen molar-refractivity contribution in [2.24, 2.45) is 5.92 Å². The second kappa shape index (κ2) is 9.78. The molecule has 2 atom stereocenters. The summed E-state index contributed by atoms with van der Waals surface area (Å²) in [6.45, 7) is 5.54. The standard InChI is InChI=1S/C24H24ClN3O4/c1-14(2)22(27-23(29)20-12-11-17(28(31)32)13-21(20)25)24(30)26-15(3)18-10-6-8-16-7-4-5-9-19(16)18/h4-15,22H,1-3H3,(H,26,30)(H,27,29). The molecule has 3 rings (SSSR count). The minimum absolute atomic E-state index is 0.0521. The number of carbonyl (C=O) groups excluding carboxylic acids is 2. The summed E-state index contributed by atoms with van der Waals surface area (Å²) in [5.41, 5.74) is 0.829. The second-order valence-corrected chi connectivity index (χ2v) is 8.32. The zero-order valence-corrected chi connectivity index (χ0v) is 18.7. The van der Waals surface area contributed by atoms with E-state index in [1.54, 1.807) is 0 Å². The van der Waals surface area contributed by atoms with Gasteiger partial charge in [0.2, 0.25) is 5.91 Å². The highest BCUT2D eigenvalue weighted by molar-refractivity contribution is 6.34. The summed E-state index contributed by atoms with van der Waals surface area (Å²) >= 11 is 6.06. The Morgan fingerprint density at radius 2 is 1.66 bits per heavy atom. The fraction of sp³-hybridized carbons (Fsp3) is 0.250. The molecule has 0 radical (unpaired) electrons. The van der Waals surface area contributed by atoms with Gasteiger partial charge >= 0.3 is 0 Å². The maximum Gasteiger partial charge on any atom is 0.270 e. The highest BCUT2D eigenvalue weighted by Crippen LogP contribution is 2.25. The molecule has 0 saturated heterocycles. The van der Waals surface area contributed by atoms with Gasteiger partial charge in [0.25, 0.3) is 11.6 Å². The molecule has 0 saturated carbocycles. The van der Waals surface area contributed by atoms with Crippen LogP contribution in [-0.4, -0.2) is 22.8 Å². The van der Waals surface area contributed by atoms with Gasteiger partial charge in [-0.1, -0.05) is 67.9 Å². The van der Waals surface area contributed by atoms with Crippen LogP contribution in [0.15, 0.2) is 60.7 Å². The molecule has 166 valence electrons. The third-order valence-electron chi connectivity index (χ3n) is 5.29. The van der Waals surface area contributed by atoms with Gasteiger partial charge in [-0.3, -0.25) is 19.7 Å². The summed E-state index contributed by atoms with van der Waals surface area (Å²) in [5.74, 6) is -1.10. The topological polar surface area (TPSA) is 101 Å². The summed E-state index contributed by atoms with van der Waals surface area (Å²) < 4.78 is 0. The Bertz CT molecular complexity index is 1170. The average molecular weight is 454 g/mol. The van der Waals surface area contributed by atoms with Crippen molar-refractivity contribution in [1.82, 2.24) is 10.6 Å². The molecular weight excluding hydrogens is 430 g/mol. The van der Waals surface area contributed by atoms with Crippen LogP contribution in [0.2, 0.25) is 5.02 Å². The normalized spacial score (nSPS) is 12.9. The number of rotatable bonds is 7. The lowest BCUT2D eigenvalue weighted by Gasteiger charge is -2.25. The van der Waals surface area contributed by atoms with E-state index in [0.29, 0.717) is 0 Å². The monoisotopic (exact) mass is 453 g/mol. The smallest absolute Gasteiger partial charge is 0.270 e. The Morgan fingerprint density at radius 3 is 2.31 bits per heavy atom. The van der Waals surface area contributed by atoms with E-state index in [-0.39, 0.29) is 34.1 Å². The maximum atomic E-state index is 13.1. The minimum Gasteiger partial charge on any atom is -0.348 e. The fourth-order valence-corrected chi connectivity index (χ4v) is 3.83. The lowest BCUT2D eigenvalue weighted by atomic mass is 9.98. The number of nitro groups is 1. The highest BCUT2D eigenvalue weighted by Gasteiger charge is 2.27. The Morgan fingerprint density at radius 1 is 0.969 bits per heavy atom. The number of halogens is 1. The van der Waals surface area contributed by atoms with E-state index in [9.17, 15) is 19.7 Å². The van der Waals surface area contributed by atoms with E-state index in [0.717, 1.165) is 22.4 Å². The predicted molar refractivity (Wildman–Crippen MR) is 125 cm³/mol. The molecule has 8 heteroatoms. The summed E-state index contributed by atoms with van der Waals surface area (Å²) in [6.07, 6.45) is 0. The van der Waals surface area contributed by atoms with Gasteiger partial charge in [0, 0.05) is 12.1 Å². The number of carbonyl (C=O) groups is 2. The summed E-state index contributed by atoms with van der Waals surface area (Å²) in [5, 5.41) is 18.7.